The fourth-order valence-corrected chi connectivity index (χ4v) is 2.61. The van der Waals surface area contributed by atoms with Crippen LogP contribution in [0.2, 0.25) is 0 Å². The number of anilines is 2. The van der Waals surface area contributed by atoms with Gasteiger partial charge in [0.05, 0.1) is 11.4 Å². The van der Waals surface area contributed by atoms with Crippen molar-refractivity contribution >= 4 is 11.8 Å². The first-order valence-electron chi connectivity index (χ1n) is 6.74. The third kappa shape index (κ3) is 2.33. The molecular weight excluding hydrogens is 252 g/mol. The predicted octanol–water partition coefficient (Wildman–Crippen LogP) is 1.57. The van der Waals surface area contributed by atoms with Crippen LogP contribution in [0.5, 0.6) is 0 Å². The highest BCUT2D eigenvalue weighted by atomic mass is 15.3. The fourth-order valence-electron chi connectivity index (χ4n) is 2.61. The van der Waals surface area contributed by atoms with Crippen molar-refractivity contribution in [2.75, 3.05) is 23.7 Å². The third-order valence-corrected chi connectivity index (χ3v) is 3.61. The summed E-state index contributed by atoms with van der Waals surface area (Å²) in [6.07, 6.45) is 3.08. The number of hydrogen-bond acceptors (Lipinski definition) is 5. The van der Waals surface area contributed by atoms with E-state index in [1.54, 1.807) is 4.68 Å². The monoisotopic (exact) mass is 271 g/mol. The van der Waals surface area contributed by atoms with Crippen molar-refractivity contribution in [1.82, 2.24) is 19.7 Å². The summed E-state index contributed by atoms with van der Waals surface area (Å²) in [4.78, 5) is 11.0. The van der Waals surface area contributed by atoms with Crippen LogP contribution in [0.3, 0.4) is 0 Å². The molecule has 0 amide bonds. The molecule has 1 radical (unpaired) electrons. The Morgan fingerprint density at radius 3 is 2.65 bits per heavy atom. The summed E-state index contributed by atoms with van der Waals surface area (Å²) >= 11 is 0. The van der Waals surface area contributed by atoms with Gasteiger partial charge < -0.3 is 10.6 Å². The van der Waals surface area contributed by atoms with Crippen LogP contribution in [-0.2, 0) is 7.05 Å². The highest BCUT2D eigenvalue weighted by Gasteiger charge is 2.22. The molecule has 1 saturated heterocycles. The van der Waals surface area contributed by atoms with E-state index in [2.05, 4.69) is 26.9 Å². The summed E-state index contributed by atoms with van der Waals surface area (Å²) in [5.41, 5.74) is 8.66. The van der Waals surface area contributed by atoms with Crippen LogP contribution in [-0.4, -0.2) is 32.8 Å². The molecule has 2 aromatic heterocycles. The predicted molar refractivity (Wildman–Crippen MR) is 79.1 cm³/mol. The van der Waals surface area contributed by atoms with Crippen LogP contribution in [0.4, 0.5) is 11.8 Å². The number of aromatic nitrogens is 4. The van der Waals surface area contributed by atoms with Gasteiger partial charge in [-0.15, -0.1) is 0 Å². The molecule has 3 heterocycles. The number of aryl methyl sites for hydroxylation is 2. The Hall–Kier alpha value is -2.11. The molecule has 0 unspecified atom stereocenters. The van der Waals surface area contributed by atoms with Gasteiger partial charge >= 0.3 is 0 Å². The smallest absolute Gasteiger partial charge is 0.222 e. The third-order valence-electron chi connectivity index (χ3n) is 3.61. The van der Waals surface area contributed by atoms with E-state index in [9.17, 15) is 0 Å². The quantitative estimate of drug-likeness (QED) is 0.897. The minimum atomic E-state index is 0.310. The van der Waals surface area contributed by atoms with Crippen molar-refractivity contribution in [3.63, 3.8) is 0 Å². The van der Waals surface area contributed by atoms with Gasteiger partial charge in [-0.1, -0.05) is 6.92 Å². The normalized spacial score (nSPS) is 16.1. The van der Waals surface area contributed by atoms with Gasteiger partial charge in [-0.25, -0.2) is 4.98 Å². The summed E-state index contributed by atoms with van der Waals surface area (Å²) in [5.74, 6) is 2.68. The highest BCUT2D eigenvalue weighted by molar-refractivity contribution is 5.66. The maximum absolute atomic E-state index is 5.87. The van der Waals surface area contributed by atoms with Crippen LogP contribution < -0.4 is 10.6 Å². The Kier molecular flexibility index (Phi) is 3.08. The number of nitrogens with two attached hydrogens (primary N) is 1. The minimum absolute atomic E-state index is 0.310. The molecule has 3 rings (SSSR count). The first-order chi connectivity index (χ1) is 9.52. The molecular formula is C14H19N6. The SMILES string of the molecule is C[C]1CCN(c2cc(-c3cn(C)nc3C)nc(N)n2)C1. The fraction of sp³-hybridized carbons (Fsp3) is 0.429. The molecule has 0 atom stereocenters. The zero-order chi connectivity index (χ0) is 14.3. The number of nitrogen functional groups attached to an aromatic ring is 1. The van der Waals surface area contributed by atoms with Gasteiger partial charge in [-0.2, -0.15) is 10.1 Å². The zero-order valence-electron chi connectivity index (χ0n) is 12.1. The Bertz CT molecular complexity index is 633. The van der Waals surface area contributed by atoms with E-state index in [4.69, 9.17) is 5.73 Å². The Labute approximate surface area is 118 Å². The molecule has 0 bridgehead atoms. The van der Waals surface area contributed by atoms with Crippen LogP contribution >= 0.6 is 0 Å². The van der Waals surface area contributed by atoms with Crippen LogP contribution in [0.1, 0.15) is 19.0 Å². The first-order valence-corrected chi connectivity index (χ1v) is 6.74. The lowest BCUT2D eigenvalue weighted by molar-refractivity contribution is 0.756. The lowest BCUT2D eigenvalue weighted by Crippen LogP contribution is -2.20. The van der Waals surface area contributed by atoms with Crippen molar-refractivity contribution < 1.29 is 0 Å². The second-order valence-corrected chi connectivity index (χ2v) is 5.40. The van der Waals surface area contributed by atoms with E-state index in [1.807, 2.05) is 26.2 Å². The number of hydrogen-bond donors (Lipinski definition) is 1. The van der Waals surface area contributed by atoms with Crippen molar-refractivity contribution in [2.45, 2.75) is 20.3 Å². The van der Waals surface area contributed by atoms with Gasteiger partial charge in [0.15, 0.2) is 0 Å². The molecule has 0 aromatic carbocycles. The van der Waals surface area contributed by atoms with Crippen molar-refractivity contribution in [1.29, 1.82) is 0 Å². The van der Waals surface area contributed by atoms with Crippen molar-refractivity contribution in [3.05, 3.63) is 23.9 Å². The molecule has 6 nitrogen and oxygen atoms in total. The Balaban J connectivity index is 2.00. The molecule has 1 aliphatic heterocycles. The van der Waals surface area contributed by atoms with E-state index < -0.39 is 0 Å². The molecule has 0 saturated carbocycles. The largest absolute Gasteiger partial charge is 0.368 e. The van der Waals surface area contributed by atoms with Crippen LogP contribution in [0.15, 0.2) is 12.3 Å². The average Bonchev–Trinajstić information content (AvgIpc) is 2.94. The van der Waals surface area contributed by atoms with Crippen molar-refractivity contribution in [2.24, 2.45) is 7.05 Å². The molecule has 0 spiro atoms. The Morgan fingerprint density at radius 1 is 1.25 bits per heavy atom. The number of rotatable bonds is 2. The lowest BCUT2D eigenvalue weighted by atomic mass is 10.2. The first kappa shape index (κ1) is 12.9. The topological polar surface area (TPSA) is 72.9 Å². The van der Waals surface area contributed by atoms with E-state index >= 15 is 0 Å². The summed E-state index contributed by atoms with van der Waals surface area (Å²) in [7, 11) is 1.90. The highest BCUT2D eigenvalue weighted by Crippen LogP contribution is 2.28. The summed E-state index contributed by atoms with van der Waals surface area (Å²) < 4.78 is 1.79. The molecule has 1 fully saturated rings. The van der Waals surface area contributed by atoms with E-state index in [-0.39, 0.29) is 0 Å². The maximum Gasteiger partial charge on any atom is 0.222 e. The molecule has 6 heteroatoms. The van der Waals surface area contributed by atoms with E-state index in [0.29, 0.717) is 5.95 Å². The minimum Gasteiger partial charge on any atom is -0.368 e. The van der Waals surface area contributed by atoms with Crippen molar-refractivity contribution in [3.8, 4) is 11.3 Å². The van der Waals surface area contributed by atoms with E-state index in [0.717, 1.165) is 42.3 Å². The van der Waals surface area contributed by atoms with Crippen LogP contribution in [0.25, 0.3) is 11.3 Å². The Morgan fingerprint density at radius 2 is 2.05 bits per heavy atom. The average molecular weight is 271 g/mol. The van der Waals surface area contributed by atoms with Gasteiger partial charge in [0.1, 0.15) is 5.82 Å². The molecule has 2 aromatic rings. The maximum atomic E-state index is 5.87. The zero-order valence-corrected chi connectivity index (χ0v) is 12.1. The molecule has 20 heavy (non-hydrogen) atoms. The van der Waals surface area contributed by atoms with E-state index in [1.165, 1.54) is 5.92 Å². The molecule has 2 N–H and O–H groups in total. The van der Waals surface area contributed by atoms with Gasteiger partial charge in [0, 0.05) is 38.0 Å². The summed E-state index contributed by atoms with van der Waals surface area (Å²) in [6, 6.07) is 2.00. The molecule has 1 aliphatic rings. The summed E-state index contributed by atoms with van der Waals surface area (Å²) in [6.45, 7) is 6.09. The lowest BCUT2D eigenvalue weighted by Gasteiger charge is -2.17. The van der Waals surface area contributed by atoms with Gasteiger partial charge in [-0.05, 0) is 19.3 Å². The van der Waals surface area contributed by atoms with Gasteiger partial charge in [0.2, 0.25) is 5.95 Å². The second kappa shape index (κ2) is 4.77. The second-order valence-electron chi connectivity index (χ2n) is 5.40. The van der Waals surface area contributed by atoms with Crippen LogP contribution in [0, 0.1) is 12.8 Å². The van der Waals surface area contributed by atoms with Gasteiger partial charge in [-0.3, -0.25) is 4.68 Å². The standard InChI is InChI=1S/C14H19N6/c1-9-4-5-20(7-9)13-6-12(16-14(15)17-13)11-8-19(3)18-10(11)2/h6,8H,4-5,7H2,1-3H3,(H2,15,16,17). The number of nitrogens with zero attached hydrogens (tertiary/aromatic N) is 5. The summed E-state index contributed by atoms with van der Waals surface area (Å²) in [5, 5.41) is 4.35. The molecule has 0 aliphatic carbocycles. The van der Waals surface area contributed by atoms with Gasteiger partial charge in [0.25, 0.3) is 0 Å². The molecule has 105 valence electrons.